The summed E-state index contributed by atoms with van der Waals surface area (Å²) in [6.07, 6.45) is 1.61. The molecule has 0 spiro atoms. The Balaban J connectivity index is 2.20. The maximum Gasteiger partial charge on any atom is 0.256 e. The normalized spacial score (nSPS) is 10.2. The third-order valence-corrected chi connectivity index (χ3v) is 2.52. The molecule has 0 radical (unpaired) electrons. The van der Waals surface area contributed by atoms with Crippen molar-refractivity contribution in [3.63, 3.8) is 0 Å². The van der Waals surface area contributed by atoms with E-state index in [0.717, 1.165) is 0 Å². The molecule has 2 N–H and O–H groups in total. The molecule has 0 saturated carbocycles. The predicted octanol–water partition coefficient (Wildman–Crippen LogP) is 1.69. The topological polar surface area (TPSA) is 67.2 Å². The molecule has 2 rings (SSSR count). The fourth-order valence-electron chi connectivity index (χ4n) is 1.48. The lowest BCUT2D eigenvalue weighted by Crippen LogP contribution is -2.14. The smallest absolute Gasteiger partial charge is 0.256 e. The van der Waals surface area contributed by atoms with Crippen LogP contribution < -0.4 is 5.32 Å². The fraction of sp³-hybridized carbons (Fsp3) is 0.167. The number of nitrogens with one attached hydrogen (secondary N) is 1. The molecule has 1 amide bonds. The highest BCUT2D eigenvalue weighted by Crippen LogP contribution is 2.17. The van der Waals surface area contributed by atoms with Crippen LogP contribution in [0.25, 0.3) is 0 Å². The third kappa shape index (κ3) is 2.28. The van der Waals surface area contributed by atoms with Gasteiger partial charge in [-0.25, -0.2) is 0 Å². The van der Waals surface area contributed by atoms with Crippen molar-refractivity contribution >= 4 is 11.7 Å². The molecule has 0 fully saturated rings. The summed E-state index contributed by atoms with van der Waals surface area (Å²) >= 11 is 0. The largest absolute Gasteiger partial charge is 0.508 e. The molecule has 0 aliphatic rings. The zero-order valence-electron chi connectivity index (χ0n) is 9.64. The number of aryl methyl sites for hydroxylation is 2. The highest BCUT2D eigenvalue weighted by atomic mass is 16.3. The minimum atomic E-state index is -0.225. The first kappa shape index (κ1) is 11.2. The molecule has 1 aromatic carbocycles. The van der Waals surface area contributed by atoms with E-state index in [1.54, 1.807) is 43.0 Å². The van der Waals surface area contributed by atoms with E-state index in [0.29, 0.717) is 16.9 Å². The number of aromatic hydroxyl groups is 1. The SMILES string of the molecule is Cc1cc(C(=O)Nc2ccnn2C)ccc1O. The van der Waals surface area contributed by atoms with Crippen molar-refractivity contribution in [3.05, 3.63) is 41.6 Å². The highest BCUT2D eigenvalue weighted by Gasteiger charge is 2.09. The van der Waals surface area contributed by atoms with Gasteiger partial charge in [-0.3, -0.25) is 9.48 Å². The van der Waals surface area contributed by atoms with Gasteiger partial charge in [-0.1, -0.05) is 0 Å². The number of hydrogen-bond donors (Lipinski definition) is 2. The van der Waals surface area contributed by atoms with Crippen molar-refractivity contribution in [3.8, 4) is 5.75 Å². The van der Waals surface area contributed by atoms with Crippen molar-refractivity contribution in [1.82, 2.24) is 9.78 Å². The van der Waals surface area contributed by atoms with Gasteiger partial charge in [0, 0.05) is 18.7 Å². The number of aromatic nitrogens is 2. The van der Waals surface area contributed by atoms with Crippen molar-refractivity contribution in [2.75, 3.05) is 5.32 Å². The molecule has 5 heteroatoms. The minimum absolute atomic E-state index is 0.182. The Morgan fingerprint density at radius 2 is 2.18 bits per heavy atom. The highest BCUT2D eigenvalue weighted by molar-refractivity contribution is 6.04. The molecule has 0 aliphatic heterocycles. The Bertz CT molecular complexity index is 561. The molecule has 0 unspecified atom stereocenters. The summed E-state index contributed by atoms with van der Waals surface area (Å²) < 4.78 is 1.57. The summed E-state index contributed by atoms with van der Waals surface area (Å²) in [6.45, 7) is 1.75. The van der Waals surface area contributed by atoms with E-state index in [1.807, 2.05) is 0 Å². The molecule has 0 atom stereocenters. The number of nitrogens with zero attached hydrogens (tertiary/aromatic N) is 2. The molecule has 1 aromatic heterocycles. The Labute approximate surface area is 98.7 Å². The lowest BCUT2D eigenvalue weighted by molar-refractivity contribution is 0.102. The van der Waals surface area contributed by atoms with Crippen LogP contribution in [-0.2, 0) is 7.05 Å². The Morgan fingerprint density at radius 1 is 1.41 bits per heavy atom. The first-order valence-electron chi connectivity index (χ1n) is 5.17. The van der Waals surface area contributed by atoms with Gasteiger partial charge in [0.05, 0.1) is 6.20 Å². The van der Waals surface area contributed by atoms with Crippen molar-refractivity contribution in [2.45, 2.75) is 6.92 Å². The van der Waals surface area contributed by atoms with Gasteiger partial charge in [0.1, 0.15) is 11.6 Å². The van der Waals surface area contributed by atoms with Crippen LogP contribution in [0, 0.1) is 6.92 Å². The van der Waals surface area contributed by atoms with Gasteiger partial charge in [-0.05, 0) is 30.7 Å². The lowest BCUT2D eigenvalue weighted by Gasteiger charge is -2.06. The monoisotopic (exact) mass is 231 g/mol. The number of anilines is 1. The number of amides is 1. The molecule has 1 heterocycles. The maximum atomic E-state index is 11.9. The zero-order chi connectivity index (χ0) is 12.4. The maximum absolute atomic E-state index is 11.9. The van der Waals surface area contributed by atoms with E-state index in [4.69, 9.17) is 0 Å². The summed E-state index contributed by atoms with van der Waals surface area (Å²) in [4.78, 5) is 11.9. The van der Waals surface area contributed by atoms with Crippen LogP contribution >= 0.6 is 0 Å². The van der Waals surface area contributed by atoms with Crippen molar-refractivity contribution in [2.24, 2.45) is 7.05 Å². The Kier molecular flexibility index (Phi) is 2.82. The Hall–Kier alpha value is -2.30. The van der Waals surface area contributed by atoms with Gasteiger partial charge in [0.25, 0.3) is 5.91 Å². The van der Waals surface area contributed by atoms with Gasteiger partial charge >= 0.3 is 0 Å². The number of carbonyl (C=O) groups is 1. The fourth-order valence-corrected chi connectivity index (χ4v) is 1.48. The quantitative estimate of drug-likeness (QED) is 0.826. The first-order valence-corrected chi connectivity index (χ1v) is 5.17. The molecule has 17 heavy (non-hydrogen) atoms. The van der Waals surface area contributed by atoms with E-state index in [9.17, 15) is 9.90 Å². The molecular formula is C12H13N3O2. The summed E-state index contributed by atoms with van der Waals surface area (Å²) in [5, 5.41) is 16.1. The van der Waals surface area contributed by atoms with Gasteiger partial charge < -0.3 is 10.4 Å². The predicted molar refractivity (Wildman–Crippen MR) is 64.0 cm³/mol. The summed E-state index contributed by atoms with van der Waals surface area (Å²) in [5.41, 5.74) is 1.17. The van der Waals surface area contributed by atoms with Crippen LogP contribution in [0.15, 0.2) is 30.5 Å². The van der Waals surface area contributed by atoms with Crippen LogP contribution in [0.2, 0.25) is 0 Å². The van der Waals surface area contributed by atoms with Crippen LogP contribution in [0.3, 0.4) is 0 Å². The molecule has 5 nitrogen and oxygen atoms in total. The van der Waals surface area contributed by atoms with E-state index in [2.05, 4.69) is 10.4 Å². The summed E-state index contributed by atoms with van der Waals surface area (Å²) in [7, 11) is 1.75. The second kappa shape index (κ2) is 4.29. The molecule has 88 valence electrons. The van der Waals surface area contributed by atoms with Crippen LogP contribution in [0.4, 0.5) is 5.82 Å². The number of benzene rings is 1. The van der Waals surface area contributed by atoms with Gasteiger partial charge in [0.2, 0.25) is 0 Å². The van der Waals surface area contributed by atoms with E-state index in [-0.39, 0.29) is 11.7 Å². The molecular weight excluding hydrogens is 218 g/mol. The first-order chi connectivity index (χ1) is 8.08. The minimum Gasteiger partial charge on any atom is -0.508 e. The molecule has 0 saturated heterocycles. The van der Waals surface area contributed by atoms with Crippen LogP contribution in [0.5, 0.6) is 5.75 Å². The van der Waals surface area contributed by atoms with Crippen LogP contribution in [0.1, 0.15) is 15.9 Å². The van der Waals surface area contributed by atoms with E-state index >= 15 is 0 Å². The lowest BCUT2D eigenvalue weighted by atomic mass is 10.1. The standard InChI is InChI=1S/C12H13N3O2/c1-8-7-9(3-4-10(8)16)12(17)14-11-5-6-13-15(11)2/h3-7,16H,1-2H3,(H,14,17). The van der Waals surface area contributed by atoms with Gasteiger partial charge in [-0.15, -0.1) is 0 Å². The summed E-state index contributed by atoms with van der Waals surface area (Å²) in [5.74, 6) is 0.583. The number of rotatable bonds is 2. The van der Waals surface area contributed by atoms with Gasteiger partial charge in [0.15, 0.2) is 0 Å². The van der Waals surface area contributed by atoms with E-state index < -0.39 is 0 Å². The molecule has 0 bridgehead atoms. The number of hydrogen-bond acceptors (Lipinski definition) is 3. The van der Waals surface area contributed by atoms with E-state index in [1.165, 1.54) is 6.07 Å². The second-order valence-electron chi connectivity index (χ2n) is 3.80. The number of phenols is 1. The van der Waals surface area contributed by atoms with Gasteiger partial charge in [-0.2, -0.15) is 5.10 Å². The molecule has 0 aliphatic carbocycles. The average Bonchev–Trinajstić information content (AvgIpc) is 2.68. The number of carbonyl (C=O) groups excluding carboxylic acids is 1. The Morgan fingerprint density at radius 3 is 2.76 bits per heavy atom. The van der Waals surface area contributed by atoms with Crippen molar-refractivity contribution < 1.29 is 9.90 Å². The van der Waals surface area contributed by atoms with Crippen LogP contribution in [-0.4, -0.2) is 20.8 Å². The zero-order valence-corrected chi connectivity index (χ0v) is 9.64. The third-order valence-electron chi connectivity index (χ3n) is 2.52. The van der Waals surface area contributed by atoms with Crippen molar-refractivity contribution in [1.29, 1.82) is 0 Å². The molecule has 2 aromatic rings. The summed E-state index contributed by atoms with van der Waals surface area (Å²) in [6, 6.07) is 6.44. The second-order valence-corrected chi connectivity index (χ2v) is 3.80. The average molecular weight is 231 g/mol. The number of phenolic OH excluding ortho intramolecular Hbond substituents is 1.